The number of hydrogen-bond donors (Lipinski definition) is 1. The number of aryl methyl sites for hydroxylation is 2. The normalized spacial score (nSPS) is 17.6. The third-order valence-electron chi connectivity index (χ3n) is 5.27. The summed E-state index contributed by atoms with van der Waals surface area (Å²) in [4.78, 5) is 8.53. The topological polar surface area (TPSA) is 28.7 Å². The molecule has 0 bridgehead atoms. The summed E-state index contributed by atoms with van der Waals surface area (Å²) in [5, 5.41) is 2.61. The molecule has 2 aromatic heterocycles. The maximum absolute atomic E-state index is 5.03. The van der Waals surface area contributed by atoms with Gasteiger partial charge in [0.2, 0.25) is 0 Å². The Bertz CT molecular complexity index is 800. The van der Waals surface area contributed by atoms with E-state index in [0.29, 0.717) is 0 Å². The number of nitrogens with zero attached hydrogens (tertiary/aromatic N) is 1. The van der Waals surface area contributed by atoms with Gasteiger partial charge in [0.15, 0.2) is 0 Å². The molecular weight excluding hydrogens is 280 g/mol. The van der Waals surface area contributed by atoms with Crippen molar-refractivity contribution >= 4 is 21.9 Å². The number of rotatable bonds is 0. The summed E-state index contributed by atoms with van der Waals surface area (Å²) in [6.45, 7) is 0. The van der Waals surface area contributed by atoms with Crippen molar-refractivity contribution in [3.8, 4) is 0 Å². The van der Waals surface area contributed by atoms with Gasteiger partial charge in [0.1, 0.15) is 5.65 Å². The lowest BCUT2D eigenvalue weighted by Gasteiger charge is -2.11. The standard InChI is InChI=1S/C21H26N2/c1-2-4-6-8-13-19-16(11-7-5-3-1)15-18-17-12-9-10-14-20(17)23-21(18)22-19/h9-10,12,14-15H,1-8,11,13H2,(H,22,23). The molecule has 2 nitrogen and oxygen atoms in total. The van der Waals surface area contributed by atoms with Crippen molar-refractivity contribution < 1.29 is 0 Å². The van der Waals surface area contributed by atoms with Crippen LogP contribution >= 0.6 is 0 Å². The zero-order chi connectivity index (χ0) is 15.5. The number of aromatic amines is 1. The van der Waals surface area contributed by atoms with Gasteiger partial charge >= 0.3 is 0 Å². The molecule has 0 fully saturated rings. The Balaban J connectivity index is 1.74. The van der Waals surface area contributed by atoms with Crippen LogP contribution in [0.4, 0.5) is 0 Å². The minimum absolute atomic E-state index is 1.07. The Labute approximate surface area is 138 Å². The fourth-order valence-electron chi connectivity index (χ4n) is 3.95. The minimum atomic E-state index is 1.07. The number of H-pyrrole nitrogens is 1. The second-order valence-corrected chi connectivity index (χ2v) is 6.99. The van der Waals surface area contributed by atoms with Crippen LogP contribution in [0.5, 0.6) is 0 Å². The van der Waals surface area contributed by atoms with Crippen LogP contribution in [0.3, 0.4) is 0 Å². The van der Waals surface area contributed by atoms with E-state index in [-0.39, 0.29) is 0 Å². The maximum Gasteiger partial charge on any atom is 0.138 e. The molecule has 0 atom stereocenters. The Morgan fingerprint density at radius 1 is 0.739 bits per heavy atom. The van der Waals surface area contributed by atoms with Gasteiger partial charge in [-0.1, -0.05) is 56.7 Å². The summed E-state index contributed by atoms with van der Waals surface area (Å²) in [6, 6.07) is 11.0. The molecule has 2 heterocycles. The average molecular weight is 306 g/mol. The Morgan fingerprint density at radius 2 is 1.43 bits per heavy atom. The summed E-state index contributed by atoms with van der Waals surface area (Å²) >= 11 is 0. The number of pyridine rings is 1. The quantitative estimate of drug-likeness (QED) is 0.547. The third-order valence-corrected chi connectivity index (χ3v) is 5.27. The van der Waals surface area contributed by atoms with Crippen molar-refractivity contribution in [3.05, 3.63) is 41.6 Å². The van der Waals surface area contributed by atoms with Crippen LogP contribution in [0.15, 0.2) is 30.3 Å². The molecule has 2 heteroatoms. The van der Waals surface area contributed by atoms with Gasteiger partial charge in [0.05, 0.1) is 0 Å². The van der Waals surface area contributed by atoms with Crippen molar-refractivity contribution in [3.63, 3.8) is 0 Å². The van der Waals surface area contributed by atoms with Gasteiger partial charge < -0.3 is 4.98 Å². The van der Waals surface area contributed by atoms with E-state index in [1.165, 1.54) is 85.3 Å². The first-order valence-corrected chi connectivity index (χ1v) is 9.31. The second-order valence-electron chi connectivity index (χ2n) is 6.99. The summed E-state index contributed by atoms with van der Waals surface area (Å²) < 4.78 is 0. The van der Waals surface area contributed by atoms with E-state index in [2.05, 4.69) is 35.3 Å². The highest BCUT2D eigenvalue weighted by Gasteiger charge is 2.11. The van der Waals surface area contributed by atoms with Crippen molar-refractivity contribution in [1.29, 1.82) is 0 Å². The number of fused-ring (bicyclic) bond motifs is 4. The minimum Gasteiger partial charge on any atom is -0.339 e. The SMILES string of the molecule is c1ccc2c(c1)[nH]c1nc3c(cc12)CCCCCCCCCC3. The Kier molecular flexibility index (Phi) is 4.32. The number of aromatic nitrogens is 2. The summed E-state index contributed by atoms with van der Waals surface area (Å²) in [6.07, 6.45) is 13.3. The molecule has 0 unspecified atom stereocenters. The average Bonchev–Trinajstić information content (AvgIpc) is 2.92. The molecule has 1 aliphatic carbocycles. The van der Waals surface area contributed by atoms with E-state index in [1.54, 1.807) is 0 Å². The summed E-state index contributed by atoms with van der Waals surface area (Å²) in [5.41, 5.74) is 5.10. The molecule has 1 aliphatic rings. The first-order chi connectivity index (χ1) is 11.4. The fourth-order valence-corrected chi connectivity index (χ4v) is 3.95. The molecule has 0 saturated carbocycles. The molecule has 0 saturated heterocycles. The number of hydrogen-bond acceptors (Lipinski definition) is 1. The predicted octanol–water partition coefficient (Wildman–Crippen LogP) is 5.94. The van der Waals surface area contributed by atoms with Crippen LogP contribution in [0, 0.1) is 0 Å². The Hall–Kier alpha value is -1.83. The van der Waals surface area contributed by atoms with Gasteiger partial charge in [0, 0.05) is 22.0 Å². The molecular formula is C21H26N2. The molecule has 0 aliphatic heterocycles. The van der Waals surface area contributed by atoms with E-state index in [9.17, 15) is 0 Å². The van der Waals surface area contributed by atoms with Crippen LogP contribution < -0.4 is 0 Å². The van der Waals surface area contributed by atoms with Crippen LogP contribution in [-0.2, 0) is 12.8 Å². The maximum atomic E-state index is 5.03. The predicted molar refractivity (Wildman–Crippen MR) is 97.9 cm³/mol. The number of para-hydroxylation sites is 1. The molecule has 120 valence electrons. The molecule has 4 rings (SSSR count). The Morgan fingerprint density at radius 3 is 2.26 bits per heavy atom. The molecule has 0 amide bonds. The number of nitrogens with one attached hydrogen (secondary N) is 1. The molecule has 1 aromatic carbocycles. The van der Waals surface area contributed by atoms with Crippen LogP contribution in [0.2, 0.25) is 0 Å². The van der Waals surface area contributed by atoms with Gasteiger partial charge in [-0.05, 0) is 43.4 Å². The highest BCUT2D eigenvalue weighted by atomic mass is 14.9. The van der Waals surface area contributed by atoms with E-state index in [0.717, 1.165) is 12.1 Å². The van der Waals surface area contributed by atoms with E-state index < -0.39 is 0 Å². The zero-order valence-corrected chi connectivity index (χ0v) is 13.9. The highest BCUT2D eigenvalue weighted by Crippen LogP contribution is 2.28. The van der Waals surface area contributed by atoms with Gasteiger partial charge in [-0.25, -0.2) is 4.98 Å². The molecule has 23 heavy (non-hydrogen) atoms. The third kappa shape index (κ3) is 3.12. The van der Waals surface area contributed by atoms with Crippen LogP contribution in [0.1, 0.15) is 62.6 Å². The zero-order valence-electron chi connectivity index (χ0n) is 13.9. The summed E-state index contributed by atoms with van der Waals surface area (Å²) in [5.74, 6) is 0. The summed E-state index contributed by atoms with van der Waals surface area (Å²) in [7, 11) is 0. The smallest absolute Gasteiger partial charge is 0.138 e. The molecule has 0 radical (unpaired) electrons. The van der Waals surface area contributed by atoms with Crippen molar-refractivity contribution in [1.82, 2.24) is 9.97 Å². The van der Waals surface area contributed by atoms with E-state index in [1.807, 2.05) is 0 Å². The van der Waals surface area contributed by atoms with Gasteiger partial charge in [-0.15, -0.1) is 0 Å². The first-order valence-electron chi connectivity index (χ1n) is 9.31. The van der Waals surface area contributed by atoms with Crippen molar-refractivity contribution in [2.24, 2.45) is 0 Å². The molecule has 1 N–H and O–H groups in total. The molecule has 3 aromatic rings. The van der Waals surface area contributed by atoms with E-state index >= 15 is 0 Å². The fraction of sp³-hybridized carbons (Fsp3) is 0.476. The highest BCUT2D eigenvalue weighted by molar-refractivity contribution is 6.06. The first kappa shape index (κ1) is 14.7. The van der Waals surface area contributed by atoms with Crippen LogP contribution in [0.25, 0.3) is 21.9 Å². The largest absolute Gasteiger partial charge is 0.339 e. The lowest BCUT2D eigenvalue weighted by Crippen LogP contribution is -2.00. The van der Waals surface area contributed by atoms with Crippen LogP contribution in [-0.4, -0.2) is 9.97 Å². The second kappa shape index (κ2) is 6.74. The molecule has 0 spiro atoms. The lowest BCUT2D eigenvalue weighted by molar-refractivity contribution is 0.557. The van der Waals surface area contributed by atoms with E-state index in [4.69, 9.17) is 4.98 Å². The number of benzene rings is 1. The van der Waals surface area contributed by atoms with Gasteiger partial charge in [-0.3, -0.25) is 0 Å². The lowest BCUT2D eigenvalue weighted by atomic mass is 9.97. The van der Waals surface area contributed by atoms with Crippen molar-refractivity contribution in [2.45, 2.75) is 64.2 Å². The van der Waals surface area contributed by atoms with Gasteiger partial charge in [-0.2, -0.15) is 0 Å². The monoisotopic (exact) mass is 306 g/mol. The van der Waals surface area contributed by atoms with Crippen molar-refractivity contribution in [2.75, 3.05) is 0 Å². The van der Waals surface area contributed by atoms with Gasteiger partial charge in [0.25, 0.3) is 0 Å².